The second-order valence-electron chi connectivity index (χ2n) is 11.1. The Labute approximate surface area is 242 Å². The first-order valence-electron chi connectivity index (χ1n) is 11.9. The lowest BCUT2D eigenvalue weighted by molar-refractivity contribution is -0.292. The zero-order valence-corrected chi connectivity index (χ0v) is 24.1. The summed E-state index contributed by atoms with van der Waals surface area (Å²) in [7, 11) is 0.739. The van der Waals surface area contributed by atoms with Crippen LogP contribution in [0.2, 0.25) is 4.34 Å². The number of nitrogens with one attached hydrogen (secondary N) is 1. The summed E-state index contributed by atoms with van der Waals surface area (Å²) >= 11 is 6.86. The van der Waals surface area contributed by atoms with Crippen molar-refractivity contribution in [2.24, 2.45) is 12.5 Å². The number of nitrogens with zero attached hydrogens (tertiary/aromatic N) is 4. The number of hydrogen-bond acceptors (Lipinski definition) is 5. The van der Waals surface area contributed by atoms with Crippen LogP contribution in [0.3, 0.4) is 0 Å². The van der Waals surface area contributed by atoms with Crippen LogP contribution in [0.15, 0.2) is 18.5 Å². The highest BCUT2D eigenvalue weighted by Gasteiger charge is 2.64. The number of thiophene rings is 1. The van der Waals surface area contributed by atoms with Crippen molar-refractivity contribution in [2.75, 3.05) is 0 Å². The van der Waals surface area contributed by atoms with E-state index >= 15 is 0 Å². The van der Waals surface area contributed by atoms with Gasteiger partial charge in [0.25, 0.3) is 5.91 Å². The molecule has 1 amide bonds. The van der Waals surface area contributed by atoms with Crippen LogP contribution in [0.1, 0.15) is 62.2 Å². The molecule has 3 aromatic rings. The summed E-state index contributed by atoms with van der Waals surface area (Å²) in [6.45, 7) is 8.75. The van der Waals surface area contributed by atoms with Gasteiger partial charge in [-0.05, 0) is 24.3 Å². The molecule has 4 rings (SSSR count). The molecule has 0 radical (unpaired) electrons. The Morgan fingerprint density at radius 1 is 1.07 bits per heavy atom. The molecule has 42 heavy (non-hydrogen) atoms. The van der Waals surface area contributed by atoms with Gasteiger partial charge in [0.2, 0.25) is 0 Å². The minimum atomic E-state index is -6.35. The predicted octanol–water partition coefficient (Wildman–Crippen LogP) is 7.06. The minimum Gasteiger partial charge on any atom is -0.480 e. The Bertz CT molecular complexity index is 1490. The average molecular weight is 650 g/mol. The number of carboxylic acid groups (broad SMARTS) is 1. The summed E-state index contributed by atoms with van der Waals surface area (Å²) in [5.74, 6) is -9.18. The van der Waals surface area contributed by atoms with Crippen molar-refractivity contribution < 1.29 is 49.8 Å². The molecular formula is C24H24ClF8N5O3S. The van der Waals surface area contributed by atoms with Gasteiger partial charge in [0.05, 0.1) is 11.8 Å². The Morgan fingerprint density at radius 3 is 2.07 bits per heavy atom. The molecule has 18 heteroatoms. The predicted molar refractivity (Wildman–Crippen MR) is 136 cm³/mol. The first-order valence-corrected chi connectivity index (χ1v) is 13.1. The molecule has 0 spiro atoms. The van der Waals surface area contributed by atoms with E-state index in [9.17, 15) is 49.8 Å². The number of aryl methyl sites for hydroxylation is 1. The van der Waals surface area contributed by atoms with Crippen LogP contribution < -0.4 is 5.32 Å². The Balaban J connectivity index is 0.000000892. The first-order chi connectivity index (χ1) is 18.9. The van der Waals surface area contributed by atoms with E-state index in [4.69, 9.17) is 11.6 Å². The van der Waals surface area contributed by atoms with E-state index in [-0.39, 0.29) is 37.9 Å². The van der Waals surface area contributed by atoms with Gasteiger partial charge in [-0.2, -0.15) is 45.3 Å². The van der Waals surface area contributed by atoms with Gasteiger partial charge in [-0.15, -0.1) is 11.3 Å². The Hall–Kier alpha value is -3.21. The Morgan fingerprint density at radius 2 is 1.62 bits per heavy atom. The van der Waals surface area contributed by atoms with Crippen molar-refractivity contribution in [3.63, 3.8) is 0 Å². The van der Waals surface area contributed by atoms with E-state index in [0.29, 0.717) is 10.1 Å². The highest BCUT2D eigenvalue weighted by atomic mass is 35.5. The molecule has 8 nitrogen and oxygen atoms in total. The van der Waals surface area contributed by atoms with Gasteiger partial charge in [0.15, 0.2) is 11.5 Å². The maximum Gasteiger partial charge on any atom is 0.459 e. The molecule has 3 aromatic heterocycles. The summed E-state index contributed by atoms with van der Waals surface area (Å²) in [4.78, 5) is 24.0. The second-order valence-corrected chi connectivity index (χ2v) is 12.7. The molecule has 1 aliphatic rings. The normalized spacial score (nSPS) is 15.2. The lowest BCUT2D eigenvalue weighted by Crippen LogP contribution is -2.43. The van der Waals surface area contributed by atoms with Gasteiger partial charge in [0.1, 0.15) is 15.4 Å². The third-order valence-corrected chi connectivity index (χ3v) is 6.89. The van der Waals surface area contributed by atoms with E-state index in [0.717, 1.165) is 30.8 Å². The molecule has 1 aliphatic carbocycles. The maximum absolute atomic E-state index is 13.9. The van der Waals surface area contributed by atoms with Gasteiger partial charge in [-0.3, -0.25) is 4.79 Å². The third kappa shape index (κ3) is 6.88. The molecule has 0 aromatic carbocycles. The van der Waals surface area contributed by atoms with Crippen LogP contribution in [0.4, 0.5) is 35.1 Å². The number of carboxylic acids is 1. The molecule has 1 saturated carbocycles. The second kappa shape index (κ2) is 10.8. The third-order valence-electron chi connectivity index (χ3n) is 5.48. The van der Waals surface area contributed by atoms with Gasteiger partial charge >= 0.3 is 24.2 Å². The van der Waals surface area contributed by atoms with E-state index < -0.39 is 52.8 Å². The smallest absolute Gasteiger partial charge is 0.459 e. The number of aromatic nitrogens is 4. The number of hydrogen-bond donors (Lipinski definition) is 2. The van der Waals surface area contributed by atoms with Gasteiger partial charge < -0.3 is 10.4 Å². The molecule has 0 unspecified atom stereocenters. The number of halogens is 9. The van der Waals surface area contributed by atoms with Crippen LogP contribution in [-0.2, 0) is 23.9 Å². The molecule has 2 N–H and O–H groups in total. The number of alkyl halides is 8. The fourth-order valence-corrected chi connectivity index (χ4v) is 4.67. The van der Waals surface area contributed by atoms with Gasteiger partial charge in [0, 0.05) is 23.7 Å². The molecule has 0 atom stereocenters. The molecule has 0 bridgehead atoms. The number of carbonyl (C=O) groups excluding carboxylic acids is 1. The Kier molecular flexibility index (Phi) is 8.57. The first kappa shape index (κ1) is 33.3. The number of aliphatic carboxylic acids is 1. The summed E-state index contributed by atoms with van der Waals surface area (Å²) in [5, 5.41) is 18.0. The fraction of sp³-hybridized carbons (Fsp3) is 0.500. The largest absolute Gasteiger partial charge is 0.480 e. The molecular weight excluding hydrogens is 626 g/mol. The quantitative estimate of drug-likeness (QED) is 0.279. The zero-order chi connectivity index (χ0) is 32.2. The van der Waals surface area contributed by atoms with Crippen molar-refractivity contribution in [3.05, 3.63) is 39.6 Å². The van der Waals surface area contributed by atoms with E-state index in [1.165, 1.54) is 6.07 Å². The molecule has 1 fully saturated rings. The lowest BCUT2D eigenvalue weighted by atomic mass is 10.0. The van der Waals surface area contributed by atoms with Crippen LogP contribution >= 0.6 is 22.9 Å². The summed E-state index contributed by atoms with van der Waals surface area (Å²) in [5.41, 5.74) is -5.89. The van der Waals surface area contributed by atoms with Crippen molar-refractivity contribution in [2.45, 2.75) is 64.4 Å². The fourth-order valence-electron chi connectivity index (χ4n) is 3.43. The highest BCUT2D eigenvalue weighted by molar-refractivity contribution is 7.19. The average Bonchev–Trinajstić information content (AvgIpc) is 3.13. The lowest BCUT2D eigenvalue weighted by Gasteiger charge is -2.19. The van der Waals surface area contributed by atoms with Crippen molar-refractivity contribution in [1.29, 1.82) is 0 Å². The number of carbonyl (C=O) groups is 2. The van der Waals surface area contributed by atoms with Crippen LogP contribution in [0.5, 0.6) is 0 Å². The molecule has 0 aliphatic heterocycles. The maximum atomic E-state index is 13.9. The number of amides is 1. The minimum absolute atomic E-state index is 0.0313. The summed E-state index contributed by atoms with van der Waals surface area (Å²) in [6.07, 6.45) is -9.74. The van der Waals surface area contributed by atoms with E-state index in [2.05, 4.69) is 43.2 Å². The van der Waals surface area contributed by atoms with Crippen molar-refractivity contribution in [1.82, 2.24) is 24.9 Å². The summed E-state index contributed by atoms with van der Waals surface area (Å²) < 4.78 is 108. The van der Waals surface area contributed by atoms with Crippen LogP contribution in [-0.4, -0.2) is 48.3 Å². The molecule has 232 valence electrons. The number of rotatable bonds is 6. The molecule has 0 saturated heterocycles. The highest BCUT2D eigenvalue weighted by Crippen LogP contribution is 2.49. The topological polar surface area (TPSA) is 102 Å². The zero-order valence-electron chi connectivity index (χ0n) is 22.5. The SMILES string of the molecule is CC(C)(C)C.Cn1nc(C(F)(F)C(F)(F)F)c(C(F)(F)F)c1-n1cc(-c2cc(C(=O)NC3(C(=O)O)CC3)c(Cl)s2)cn1. The summed E-state index contributed by atoms with van der Waals surface area (Å²) in [6, 6.07) is 1.21. The van der Waals surface area contributed by atoms with E-state index in [1.54, 1.807) is 0 Å². The van der Waals surface area contributed by atoms with Crippen molar-refractivity contribution in [3.8, 4) is 16.3 Å². The van der Waals surface area contributed by atoms with Gasteiger partial charge in [-0.25, -0.2) is 14.2 Å². The van der Waals surface area contributed by atoms with Crippen LogP contribution in [0, 0.1) is 5.41 Å². The van der Waals surface area contributed by atoms with Gasteiger partial charge in [-0.1, -0.05) is 39.3 Å². The van der Waals surface area contributed by atoms with Crippen molar-refractivity contribution >= 4 is 34.8 Å². The molecule has 3 heterocycles. The van der Waals surface area contributed by atoms with Crippen LogP contribution in [0.25, 0.3) is 16.3 Å². The monoisotopic (exact) mass is 649 g/mol. The van der Waals surface area contributed by atoms with E-state index in [1.807, 2.05) is 0 Å². The standard InChI is InChI=1S/C19H12ClF8N5O3S.C5H12/c1-32-14(10(18(23,24)25)11(31-32)17(21,22)19(26,27)28)33-6-7(5-29-33)9-4-8(12(20)37-9)13(34)30-16(2-3-16)15(35)36;1-5(2,3)4/h4-6H,2-3H2,1H3,(H,30,34)(H,35,36);1-4H3.